The van der Waals surface area contributed by atoms with Crippen LogP contribution < -0.4 is 19.7 Å². The van der Waals surface area contributed by atoms with Gasteiger partial charge in [-0.15, -0.1) is 4.98 Å². The maximum atomic E-state index is 11.0. The Hall–Kier alpha value is -2.97. The molecule has 138 valence electrons. The van der Waals surface area contributed by atoms with Gasteiger partial charge in [-0.2, -0.15) is 9.97 Å². The molecule has 0 saturated carbocycles. The van der Waals surface area contributed by atoms with Crippen molar-refractivity contribution in [2.75, 3.05) is 25.7 Å². The Morgan fingerprint density at radius 2 is 1.96 bits per heavy atom. The minimum absolute atomic E-state index is 0.0613. The first-order chi connectivity index (χ1) is 12.6. The molecule has 1 aliphatic rings. The molecule has 1 amide bonds. The van der Waals surface area contributed by atoms with Crippen LogP contribution in [-0.4, -0.2) is 46.6 Å². The fourth-order valence-corrected chi connectivity index (χ4v) is 2.92. The Labute approximate surface area is 151 Å². The number of methoxy groups -OCH3 is 2. The fourth-order valence-electron chi connectivity index (χ4n) is 2.92. The van der Waals surface area contributed by atoms with E-state index in [-0.39, 0.29) is 24.0 Å². The van der Waals surface area contributed by atoms with Gasteiger partial charge in [0.25, 0.3) is 0 Å². The van der Waals surface area contributed by atoms with Gasteiger partial charge in [-0.1, -0.05) is 6.07 Å². The summed E-state index contributed by atoms with van der Waals surface area (Å²) in [6, 6.07) is 4.47. The first kappa shape index (κ1) is 17.8. The van der Waals surface area contributed by atoms with Crippen LogP contribution in [0, 0.1) is 0 Å². The first-order valence-corrected chi connectivity index (χ1v) is 8.40. The number of amides is 1. The molecule has 26 heavy (non-hydrogen) atoms. The predicted molar refractivity (Wildman–Crippen MR) is 94.0 cm³/mol. The van der Waals surface area contributed by atoms with Crippen LogP contribution >= 0.6 is 0 Å². The molecule has 9 heteroatoms. The van der Waals surface area contributed by atoms with E-state index in [1.807, 2.05) is 12.1 Å². The second-order valence-corrected chi connectivity index (χ2v) is 5.96. The van der Waals surface area contributed by atoms with Gasteiger partial charge in [-0.25, -0.2) is 0 Å². The van der Waals surface area contributed by atoms with E-state index in [1.54, 1.807) is 6.20 Å². The van der Waals surface area contributed by atoms with E-state index in [9.17, 15) is 4.79 Å². The minimum Gasteiger partial charge on any atom is -0.467 e. The molecule has 0 bridgehead atoms. The fraction of sp³-hybridized carbons (Fsp3) is 0.471. The molecular formula is C17H22N6O3. The van der Waals surface area contributed by atoms with Crippen molar-refractivity contribution in [3.8, 4) is 12.0 Å². The Morgan fingerprint density at radius 1 is 1.23 bits per heavy atom. The number of nitrogens with zero attached hydrogens (tertiary/aromatic N) is 5. The number of anilines is 1. The predicted octanol–water partition coefficient (Wildman–Crippen LogP) is 1.26. The number of ether oxygens (including phenoxy) is 2. The summed E-state index contributed by atoms with van der Waals surface area (Å²) in [5.74, 6) is 0.453. The summed E-state index contributed by atoms with van der Waals surface area (Å²) in [5.41, 5.74) is 1.89. The van der Waals surface area contributed by atoms with Crippen molar-refractivity contribution < 1.29 is 14.3 Å². The van der Waals surface area contributed by atoms with E-state index in [2.05, 4.69) is 30.2 Å². The largest absolute Gasteiger partial charge is 0.467 e. The van der Waals surface area contributed by atoms with Crippen molar-refractivity contribution in [1.29, 1.82) is 0 Å². The van der Waals surface area contributed by atoms with Crippen molar-refractivity contribution in [2.24, 2.45) is 0 Å². The SMILES string of the molecule is COc1nc(OC)nc(N2CCCC2c2ccc(CNC(C)=O)cn2)n1. The monoisotopic (exact) mass is 358 g/mol. The number of carbonyl (C=O) groups excluding carboxylic acids is 1. The minimum atomic E-state index is -0.0613. The molecule has 2 aromatic heterocycles. The van der Waals surface area contributed by atoms with Crippen LogP contribution in [0.1, 0.15) is 37.1 Å². The molecule has 1 atom stereocenters. The molecule has 9 nitrogen and oxygen atoms in total. The Morgan fingerprint density at radius 3 is 2.54 bits per heavy atom. The van der Waals surface area contributed by atoms with Crippen LogP contribution in [0.4, 0.5) is 5.95 Å². The summed E-state index contributed by atoms with van der Waals surface area (Å²) in [5, 5.41) is 2.77. The number of pyridine rings is 1. The van der Waals surface area contributed by atoms with Crippen molar-refractivity contribution >= 4 is 11.9 Å². The zero-order valence-corrected chi connectivity index (χ0v) is 15.1. The first-order valence-electron chi connectivity index (χ1n) is 8.40. The Bertz CT molecular complexity index is 745. The smallest absolute Gasteiger partial charge is 0.324 e. The molecular weight excluding hydrogens is 336 g/mol. The second-order valence-electron chi connectivity index (χ2n) is 5.96. The van der Waals surface area contributed by atoms with E-state index in [0.29, 0.717) is 12.5 Å². The van der Waals surface area contributed by atoms with Crippen LogP contribution in [0.2, 0.25) is 0 Å². The zero-order valence-electron chi connectivity index (χ0n) is 15.1. The summed E-state index contributed by atoms with van der Waals surface area (Å²) < 4.78 is 10.3. The molecule has 1 fully saturated rings. The highest BCUT2D eigenvalue weighted by molar-refractivity contribution is 5.72. The van der Waals surface area contributed by atoms with Gasteiger partial charge in [-0.3, -0.25) is 9.78 Å². The molecule has 1 N–H and O–H groups in total. The topological polar surface area (TPSA) is 102 Å². The summed E-state index contributed by atoms with van der Waals surface area (Å²) in [7, 11) is 3.02. The summed E-state index contributed by atoms with van der Waals surface area (Å²) in [6.45, 7) is 2.78. The average Bonchev–Trinajstić information content (AvgIpc) is 3.16. The highest BCUT2D eigenvalue weighted by Gasteiger charge is 2.30. The molecule has 1 unspecified atom stereocenters. The van der Waals surface area contributed by atoms with Crippen LogP contribution in [0.3, 0.4) is 0 Å². The zero-order chi connectivity index (χ0) is 18.5. The normalized spacial score (nSPS) is 16.4. The van der Waals surface area contributed by atoms with Gasteiger partial charge in [-0.05, 0) is 24.5 Å². The molecule has 0 radical (unpaired) electrons. The molecule has 2 aromatic rings. The van der Waals surface area contributed by atoms with Crippen molar-refractivity contribution in [3.05, 3.63) is 29.6 Å². The third kappa shape index (κ3) is 3.98. The van der Waals surface area contributed by atoms with E-state index < -0.39 is 0 Å². The van der Waals surface area contributed by atoms with E-state index in [1.165, 1.54) is 21.1 Å². The van der Waals surface area contributed by atoms with E-state index in [0.717, 1.165) is 30.6 Å². The lowest BCUT2D eigenvalue weighted by Crippen LogP contribution is -2.26. The molecule has 0 aromatic carbocycles. The van der Waals surface area contributed by atoms with Gasteiger partial charge < -0.3 is 19.7 Å². The highest BCUT2D eigenvalue weighted by atomic mass is 16.5. The highest BCUT2D eigenvalue weighted by Crippen LogP contribution is 2.34. The van der Waals surface area contributed by atoms with Crippen LogP contribution in [0.5, 0.6) is 12.0 Å². The molecule has 1 saturated heterocycles. The lowest BCUT2D eigenvalue weighted by molar-refractivity contribution is -0.119. The number of hydrogen-bond acceptors (Lipinski definition) is 8. The summed E-state index contributed by atoms with van der Waals surface area (Å²) in [4.78, 5) is 30.4. The van der Waals surface area contributed by atoms with Gasteiger partial charge >= 0.3 is 12.0 Å². The standard InChI is InChI=1S/C17H22N6O3/c1-11(24)18-9-12-6-7-13(19-10-12)14-5-4-8-23(14)15-20-16(25-2)22-17(21-15)26-3/h6-7,10,14H,4-5,8-9H2,1-3H3,(H,18,24). The third-order valence-electron chi connectivity index (χ3n) is 4.19. The second kappa shape index (κ2) is 7.94. The molecule has 3 rings (SSSR count). The van der Waals surface area contributed by atoms with Crippen molar-refractivity contribution in [2.45, 2.75) is 32.4 Å². The van der Waals surface area contributed by atoms with Crippen LogP contribution in [0.15, 0.2) is 18.3 Å². The maximum absolute atomic E-state index is 11.0. The lowest BCUT2D eigenvalue weighted by Gasteiger charge is -2.24. The third-order valence-corrected chi connectivity index (χ3v) is 4.19. The van der Waals surface area contributed by atoms with Gasteiger partial charge in [0.05, 0.1) is 26.0 Å². The summed E-state index contributed by atoms with van der Waals surface area (Å²) in [6.07, 6.45) is 3.75. The quantitative estimate of drug-likeness (QED) is 0.823. The molecule has 1 aliphatic heterocycles. The maximum Gasteiger partial charge on any atom is 0.324 e. The van der Waals surface area contributed by atoms with Crippen molar-refractivity contribution in [1.82, 2.24) is 25.3 Å². The Kier molecular flexibility index (Phi) is 5.45. The van der Waals surface area contributed by atoms with Gasteiger partial charge in [0.15, 0.2) is 0 Å². The molecule has 0 aliphatic carbocycles. The molecule has 3 heterocycles. The number of carbonyl (C=O) groups is 1. The number of rotatable bonds is 6. The van der Waals surface area contributed by atoms with Crippen LogP contribution in [-0.2, 0) is 11.3 Å². The number of hydrogen-bond donors (Lipinski definition) is 1. The number of nitrogens with one attached hydrogen (secondary N) is 1. The van der Waals surface area contributed by atoms with Crippen LogP contribution in [0.25, 0.3) is 0 Å². The van der Waals surface area contributed by atoms with Gasteiger partial charge in [0, 0.05) is 26.2 Å². The van der Waals surface area contributed by atoms with Gasteiger partial charge in [0.2, 0.25) is 11.9 Å². The van der Waals surface area contributed by atoms with E-state index >= 15 is 0 Å². The lowest BCUT2D eigenvalue weighted by atomic mass is 10.1. The van der Waals surface area contributed by atoms with E-state index in [4.69, 9.17) is 9.47 Å². The number of aromatic nitrogens is 4. The Balaban J connectivity index is 1.81. The van der Waals surface area contributed by atoms with Crippen molar-refractivity contribution in [3.63, 3.8) is 0 Å². The average molecular weight is 358 g/mol. The molecule has 0 spiro atoms. The van der Waals surface area contributed by atoms with Gasteiger partial charge in [0.1, 0.15) is 0 Å². The summed E-state index contributed by atoms with van der Waals surface area (Å²) >= 11 is 0.